The van der Waals surface area contributed by atoms with Crippen molar-refractivity contribution >= 4 is 74.9 Å². The molecule has 0 atom stereocenters. The summed E-state index contributed by atoms with van der Waals surface area (Å²) >= 11 is 7.00. The summed E-state index contributed by atoms with van der Waals surface area (Å²) in [5, 5.41) is 10.4. The Hall–Kier alpha value is -2.68. The molecule has 0 aliphatic rings. The maximum atomic E-state index is 3.50. The molecule has 0 unspecified atom stereocenters. The number of fused-ring (bicyclic) bond motifs is 6. The zero-order valence-corrected chi connectivity index (χ0v) is 19.3. The molecule has 0 saturated heterocycles. The molecule has 0 amide bonds. The van der Waals surface area contributed by atoms with Crippen molar-refractivity contribution < 1.29 is 0 Å². The summed E-state index contributed by atoms with van der Waals surface area (Å²) in [4.78, 5) is 0. The average molecular weight is 514 g/mol. The normalized spacial score (nSPS) is 11.0. The van der Waals surface area contributed by atoms with Crippen LogP contribution < -0.4 is 0 Å². The predicted octanol–water partition coefficient (Wildman–Crippen LogP) is 9.51. The number of hydrogen-bond donors (Lipinski definition) is 0. The lowest BCUT2D eigenvalue weighted by Gasteiger charge is -2.04. The van der Waals surface area contributed by atoms with Gasteiger partial charge >= 0.3 is 0 Å². The molecule has 0 aliphatic carbocycles. The largest absolute Gasteiger partial charge is 0.0616 e. The molecule has 2 heteroatoms. The zero-order valence-electron chi connectivity index (χ0n) is 16.1. The average Bonchev–Trinajstić information content (AvgIpc) is 2.79. The lowest BCUT2D eigenvalue weighted by molar-refractivity contribution is 1.70. The Bertz CT molecular complexity index is 1400. The van der Waals surface area contributed by atoms with Gasteiger partial charge in [0.25, 0.3) is 0 Å². The van der Waals surface area contributed by atoms with Crippen LogP contribution in [-0.4, -0.2) is 0 Å². The van der Waals surface area contributed by atoms with Crippen molar-refractivity contribution in [3.05, 3.63) is 118 Å². The Balaban J connectivity index is 0.000000130. The molecule has 6 aromatic rings. The van der Waals surface area contributed by atoms with Crippen LogP contribution in [0.15, 0.2) is 118 Å². The van der Waals surface area contributed by atoms with Gasteiger partial charge in [0.15, 0.2) is 0 Å². The molecule has 0 N–H and O–H groups in total. The van der Waals surface area contributed by atoms with E-state index >= 15 is 0 Å². The predicted molar refractivity (Wildman–Crippen MR) is 138 cm³/mol. The molecule has 0 nitrogen and oxygen atoms in total. The first kappa shape index (κ1) is 19.3. The minimum atomic E-state index is 1.12. The maximum absolute atomic E-state index is 3.50. The Labute approximate surface area is 192 Å². The minimum absolute atomic E-state index is 1.12. The second kappa shape index (κ2) is 8.22. The van der Waals surface area contributed by atoms with Crippen LogP contribution in [0.3, 0.4) is 0 Å². The quantitative estimate of drug-likeness (QED) is 0.177. The fourth-order valence-electron chi connectivity index (χ4n) is 3.97. The van der Waals surface area contributed by atoms with E-state index in [2.05, 4.69) is 141 Å². The second-order valence-electron chi connectivity index (χ2n) is 7.30. The summed E-state index contributed by atoms with van der Waals surface area (Å²) in [6.45, 7) is 0. The van der Waals surface area contributed by atoms with Crippen LogP contribution in [0.2, 0.25) is 0 Å². The lowest BCUT2D eigenvalue weighted by atomic mass is 10.0. The fraction of sp³-hybridized carbons (Fsp3) is 0. The molecular formula is C28H18Br2. The van der Waals surface area contributed by atoms with E-state index in [0.717, 1.165) is 8.95 Å². The van der Waals surface area contributed by atoms with Gasteiger partial charge in [-0.1, -0.05) is 117 Å². The van der Waals surface area contributed by atoms with Gasteiger partial charge in [-0.3, -0.25) is 0 Å². The van der Waals surface area contributed by atoms with Crippen LogP contribution in [0.5, 0.6) is 0 Å². The highest BCUT2D eigenvalue weighted by Crippen LogP contribution is 2.29. The van der Waals surface area contributed by atoms with Crippen LogP contribution in [0.4, 0.5) is 0 Å². The third-order valence-corrected chi connectivity index (χ3v) is 6.40. The van der Waals surface area contributed by atoms with Gasteiger partial charge in [-0.15, -0.1) is 0 Å². The molecule has 6 rings (SSSR count). The summed E-state index contributed by atoms with van der Waals surface area (Å²) < 4.78 is 2.24. The summed E-state index contributed by atoms with van der Waals surface area (Å²) in [5.74, 6) is 0. The number of rotatable bonds is 0. The molecule has 0 saturated carbocycles. The molecule has 6 aromatic carbocycles. The van der Waals surface area contributed by atoms with Crippen LogP contribution in [-0.2, 0) is 0 Å². The smallest absolute Gasteiger partial charge is 0.0181 e. The fourth-order valence-corrected chi connectivity index (χ4v) is 4.73. The van der Waals surface area contributed by atoms with E-state index in [1.54, 1.807) is 0 Å². The van der Waals surface area contributed by atoms with E-state index < -0.39 is 0 Å². The first-order valence-corrected chi connectivity index (χ1v) is 11.4. The summed E-state index contributed by atoms with van der Waals surface area (Å²) in [5.41, 5.74) is 0. The van der Waals surface area contributed by atoms with Gasteiger partial charge in [0.05, 0.1) is 0 Å². The maximum Gasteiger partial charge on any atom is 0.0181 e. The van der Waals surface area contributed by atoms with Gasteiger partial charge in [0, 0.05) is 8.95 Å². The Morgan fingerprint density at radius 1 is 0.333 bits per heavy atom. The van der Waals surface area contributed by atoms with E-state index in [1.807, 2.05) is 0 Å². The summed E-state index contributed by atoms with van der Waals surface area (Å²) in [6, 6.07) is 38.5. The first-order chi connectivity index (χ1) is 14.7. The molecule has 0 spiro atoms. The lowest BCUT2D eigenvalue weighted by Crippen LogP contribution is -1.78. The Morgan fingerprint density at radius 2 is 0.700 bits per heavy atom. The molecule has 30 heavy (non-hydrogen) atoms. The van der Waals surface area contributed by atoms with Crippen LogP contribution >= 0.6 is 31.9 Å². The van der Waals surface area contributed by atoms with Crippen molar-refractivity contribution in [2.75, 3.05) is 0 Å². The number of hydrogen-bond acceptors (Lipinski definition) is 0. The highest BCUT2D eigenvalue weighted by atomic mass is 79.9. The van der Waals surface area contributed by atoms with Gasteiger partial charge in [-0.05, 0) is 67.4 Å². The monoisotopic (exact) mass is 512 g/mol. The molecule has 144 valence electrons. The third kappa shape index (κ3) is 3.74. The Kier molecular flexibility index (Phi) is 5.28. The highest BCUT2D eigenvalue weighted by molar-refractivity contribution is 9.10. The molecule has 0 bridgehead atoms. The SMILES string of the molecule is Brc1ccc2c(ccc3cc(Br)ccc32)c1.c1ccc2c(c1)ccc1ccccc12. The van der Waals surface area contributed by atoms with Crippen LogP contribution in [0, 0.1) is 0 Å². The van der Waals surface area contributed by atoms with Crippen molar-refractivity contribution in [1.82, 2.24) is 0 Å². The van der Waals surface area contributed by atoms with Crippen molar-refractivity contribution in [2.24, 2.45) is 0 Å². The molecule has 0 fully saturated rings. The van der Waals surface area contributed by atoms with Gasteiger partial charge in [-0.25, -0.2) is 0 Å². The van der Waals surface area contributed by atoms with Crippen molar-refractivity contribution in [2.45, 2.75) is 0 Å². The summed E-state index contributed by atoms with van der Waals surface area (Å²) in [7, 11) is 0. The van der Waals surface area contributed by atoms with Crippen molar-refractivity contribution in [3.8, 4) is 0 Å². The minimum Gasteiger partial charge on any atom is -0.0616 e. The highest BCUT2D eigenvalue weighted by Gasteiger charge is 2.01. The molecule has 0 heterocycles. The van der Waals surface area contributed by atoms with E-state index in [0.29, 0.717) is 0 Å². The van der Waals surface area contributed by atoms with E-state index in [4.69, 9.17) is 0 Å². The van der Waals surface area contributed by atoms with Crippen molar-refractivity contribution in [3.63, 3.8) is 0 Å². The Morgan fingerprint density at radius 3 is 1.17 bits per heavy atom. The third-order valence-electron chi connectivity index (χ3n) is 5.41. The van der Waals surface area contributed by atoms with E-state index in [9.17, 15) is 0 Å². The van der Waals surface area contributed by atoms with Gasteiger partial charge in [-0.2, -0.15) is 0 Å². The molecular weight excluding hydrogens is 496 g/mol. The van der Waals surface area contributed by atoms with Gasteiger partial charge in [0.1, 0.15) is 0 Å². The van der Waals surface area contributed by atoms with Crippen LogP contribution in [0.1, 0.15) is 0 Å². The first-order valence-electron chi connectivity index (χ1n) is 9.83. The number of halogens is 2. The second-order valence-corrected chi connectivity index (χ2v) is 9.14. The van der Waals surface area contributed by atoms with Gasteiger partial charge < -0.3 is 0 Å². The van der Waals surface area contributed by atoms with E-state index in [-0.39, 0.29) is 0 Å². The van der Waals surface area contributed by atoms with E-state index in [1.165, 1.54) is 43.1 Å². The topological polar surface area (TPSA) is 0 Å². The molecule has 0 aromatic heterocycles. The zero-order chi connectivity index (χ0) is 20.5. The van der Waals surface area contributed by atoms with Crippen LogP contribution in [0.25, 0.3) is 43.1 Å². The van der Waals surface area contributed by atoms with Gasteiger partial charge in [0.2, 0.25) is 0 Å². The standard InChI is InChI=1S/C14H8Br2.C14H10/c15-11-3-5-13-9(7-11)1-2-10-8-12(16)4-6-14(10)13;1-3-7-13-11(5-1)9-10-12-6-2-4-8-14(12)13/h1-8H;1-10H. The summed E-state index contributed by atoms with van der Waals surface area (Å²) in [6.07, 6.45) is 0. The molecule has 0 aliphatic heterocycles. The van der Waals surface area contributed by atoms with Crippen molar-refractivity contribution in [1.29, 1.82) is 0 Å². The number of benzene rings is 6. The molecule has 0 radical (unpaired) electrons.